The van der Waals surface area contributed by atoms with E-state index in [-0.39, 0.29) is 12.3 Å². The first kappa shape index (κ1) is 12.9. The molecular weight excluding hydrogens is 233 g/mol. The fourth-order valence-corrected chi connectivity index (χ4v) is 2.13. The van der Waals surface area contributed by atoms with Gasteiger partial charge in [-0.05, 0) is 24.3 Å². The van der Waals surface area contributed by atoms with Crippen LogP contribution in [0.3, 0.4) is 0 Å². The number of hydrogen-bond acceptors (Lipinski definition) is 4. The van der Waals surface area contributed by atoms with E-state index < -0.39 is 10.7 Å². The molecule has 1 aromatic rings. The number of nitro benzene ring substituents is 1. The number of hydrogen-bond donors (Lipinski definition) is 1. The average molecular weight is 245 g/mol. The molecule has 0 aromatic heterocycles. The molecule has 0 spiro atoms. The van der Waals surface area contributed by atoms with Crippen molar-refractivity contribution in [2.24, 2.45) is 0 Å². The molecule has 0 saturated heterocycles. The molecule has 0 bridgehead atoms. The molecular formula is C10H12FNO3S. The van der Waals surface area contributed by atoms with Crippen LogP contribution in [-0.2, 0) is 5.75 Å². The number of nitro groups is 1. The summed E-state index contributed by atoms with van der Waals surface area (Å²) in [5.74, 6) is 0.612. The van der Waals surface area contributed by atoms with Crippen LogP contribution >= 0.6 is 11.8 Å². The number of rotatable bonds is 6. The molecule has 0 aliphatic heterocycles. The lowest BCUT2D eigenvalue weighted by atomic mass is 10.2. The molecule has 0 atom stereocenters. The van der Waals surface area contributed by atoms with Crippen molar-refractivity contribution in [3.05, 3.63) is 39.7 Å². The molecule has 4 nitrogen and oxygen atoms in total. The summed E-state index contributed by atoms with van der Waals surface area (Å²) >= 11 is 1.44. The maximum Gasteiger partial charge on any atom is 0.273 e. The van der Waals surface area contributed by atoms with Crippen LogP contribution in [0.15, 0.2) is 18.2 Å². The third-order valence-corrected chi connectivity index (χ3v) is 3.04. The van der Waals surface area contributed by atoms with Gasteiger partial charge in [-0.15, -0.1) is 0 Å². The Morgan fingerprint density at radius 1 is 1.50 bits per heavy atom. The van der Waals surface area contributed by atoms with E-state index in [1.54, 1.807) is 0 Å². The molecule has 1 aromatic carbocycles. The normalized spacial score (nSPS) is 10.4. The number of halogens is 1. The topological polar surface area (TPSA) is 63.4 Å². The second-order valence-corrected chi connectivity index (χ2v) is 4.27. The minimum absolute atomic E-state index is 0.0575. The predicted octanol–water partition coefficient (Wildman–Crippen LogP) is 2.35. The van der Waals surface area contributed by atoms with E-state index >= 15 is 0 Å². The Morgan fingerprint density at radius 3 is 2.88 bits per heavy atom. The highest BCUT2D eigenvalue weighted by atomic mass is 32.2. The van der Waals surface area contributed by atoms with Gasteiger partial charge in [0, 0.05) is 24.0 Å². The van der Waals surface area contributed by atoms with Gasteiger partial charge in [0.2, 0.25) is 0 Å². The van der Waals surface area contributed by atoms with E-state index in [1.807, 2.05) is 0 Å². The zero-order valence-electron chi connectivity index (χ0n) is 8.56. The van der Waals surface area contributed by atoms with Crippen LogP contribution in [0.1, 0.15) is 12.0 Å². The van der Waals surface area contributed by atoms with Gasteiger partial charge in [-0.1, -0.05) is 0 Å². The lowest BCUT2D eigenvalue weighted by Crippen LogP contribution is -1.96. The van der Waals surface area contributed by atoms with Crippen molar-refractivity contribution in [1.29, 1.82) is 0 Å². The molecule has 0 unspecified atom stereocenters. The molecule has 0 amide bonds. The summed E-state index contributed by atoms with van der Waals surface area (Å²) in [6, 6.07) is 3.45. The standard InChI is InChI=1S/C10H12FNO3S/c11-9-2-3-10(12(14)15)8(6-9)7-16-5-1-4-13/h2-3,6,13H,1,4-5,7H2. The summed E-state index contributed by atoms with van der Waals surface area (Å²) in [5, 5.41) is 19.2. The van der Waals surface area contributed by atoms with E-state index in [0.29, 0.717) is 23.5 Å². The van der Waals surface area contributed by atoms with Crippen LogP contribution in [0.5, 0.6) is 0 Å². The lowest BCUT2D eigenvalue weighted by molar-refractivity contribution is -0.385. The van der Waals surface area contributed by atoms with Crippen molar-refractivity contribution < 1.29 is 14.4 Å². The Balaban J connectivity index is 2.68. The first-order valence-corrected chi connectivity index (χ1v) is 5.92. The number of aliphatic hydroxyl groups is 1. The van der Waals surface area contributed by atoms with Crippen LogP contribution in [-0.4, -0.2) is 22.4 Å². The highest BCUT2D eigenvalue weighted by Crippen LogP contribution is 2.24. The third kappa shape index (κ3) is 3.79. The van der Waals surface area contributed by atoms with Crippen molar-refractivity contribution in [2.75, 3.05) is 12.4 Å². The highest BCUT2D eigenvalue weighted by molar-refractivity contribution is 7.98. The molecule has 6 heteroatoms. The highest BCUT2D eigenvalue weighted by Gasteiger charge is 2.13. The maximum atomic E-state index is 12.9. The Bertz CT molecular complexity index is 373. The fraction of sp³-hybridized carbons (Fsp3) is 0.400. The van der Waals surface area contributed by atoms with Gasteiger partial charge in [0.05, 0.1) is 4.92 Å². The first-order chi connectivity index (χ1) is 7.65. The van der Waals surface area contributed by atoms with Crippen molar-refractivity contribution in [1.82, 2.24) is 0 Å². The number of benzene rings is 1. The Morgan fingerprint density at radius 2 is 2.25 bits per heavy atom. The van der Waals surface area contributed by atoms with Gasteiger partial charge < -0.3 is 5.11 Å². The second kappa shape index (κ2) is 6.44. The van der Waals surface area contributed by atoms with Crippen LogP contribution in [0.4, 0.5) is 10.1 Å². The molecule has 88 valence electrons. The second-order valence-electron chi connectivity index (χ2n) is 3.16. The average Bonchev–Trinajstić information content (AvgIpc) is 2.24. The molecule has 0 fully saturated rings. The van der Waals surface area contributed by atoms with E-state index in [1.165, 1.54) is 23.9 Å². The smallest absolute Gasteiger partial charge is 0.273 e. The van der Waals surface area contributed by atoms with Crippen molar-refractivity contribution >= 4 is 17.4 Å². The van der Waals surface area contributed by atoms with Gasteiger partial charge in [-0.2, -0.15) is 11.8 Å². The van der Waals surface area contributed by atoms with Gasteiger partial charge >= 0.3 is 0 Å². The van der Waals surface area contributed by atoms with E-state index in [0.717, 1.165) is 6.07 Å². The first-order valence-electron chi connectivity index (χ1n) is 4.76. The molecule has 0 aliphatic rings. The van der Waals surface area contributed by atoms with Crippen LogP contribution in [0, 0.1) is 15.9 Å². The minimum Gasteiger partial charge on any atom is -0.396 e. The summed E-state index contributed by atoms with van der Waals surface area (Å²) in [6.07, 6.45) is 0.633. The van der Waals surface area contributed by atoms with Crippen molar-refractivity contribution in [3.8, 4) is 0 Å². The Hall–Kier alpha value is -1.14. The fourth-order valence-electron chi connectivity index (χ4n) is 1.20. The van der Waals surface area contributed by atoms with Gasteiger partial charge in [-0.3, -0.25) is 10.1 Å². The summed E-state index contributed by atoms with van der Waals surface area (Å²) in [7, 11) is 0. The quantitative estimate of drug-likeness (QED) is 0.474. The molecule has 0 radical (unpaired) electrons. The Labute approximate surface area is 96.6 Å². The summed E-state index contributed by atoms with van der Waals surface area (Å²) in [5.41, 5.74) is 0.325. The lowest BCUT2D eigenvalue weighted by Gasteiger charge is -2.02. The van der Waals surface area contributed by atoms with Crippen LogP contribution in [0.25, 0.3) is 0 Å². The van der Waals surface area contributed by atoms with Crippen molar-refractivity contribution in [2.45, 2.75) is 12.2 Å². The zero-order valence-corrected chi connectivity index (χ0v) is 9.37. The molecule has 0 saturated carbocycles. The van der Waals surface area contributed by atoms with E-state index in [9.17, 15) is 14.5 Å². The molecule has 1 N–H and O–H groups in total. The van der Waals surface area contributed by atoms with Crippen LogP contribution < -0.4 is 0 Å². The zero-order chi connectivity index (χ0) is 12.0. The molecule has 0 aliphatic carbocycles. The van der Waals surface area contributed by atoms with E-state index in [2.05, 4.69) is 0 Å². The number of thioether (sulfide) groups is 1. The molecule has 1 rings (SSSR count). The SMILES string of the molecule is O=[N+]([O-])c1ccc(F)cc1CSCCCO. The third-order valence-electron chi connectivity index (χ3n) is 1.94. The molecule has 16 heavy (non-hydrogen) atoms. The summed E-state index contributed by atoms with van der Waals surface area (Å²) in [4.78, 5) is 10.1. The number of nitrogens with zero attached hydrogens (tertiary/aromatic N) is 1. The van der Waals surface area contributed by atoms with Crippen molar-refractivity contribution in [3.63, 3.8) is 0 Å². The maximum absolute atomic E-state index is 12.9. The van der Waals surface area contributed by atoms with E-state index in [4.69, 9.17) is 5.11 Å². The Kier molecular flexibility index (Phi) is 5.21. The largest absolute Gasteiger partial charge is 0.396 e. The minimum atomic E-state index is -0.513. The van der Waals surface area contributed by atoms with Gasteiger partial charge in [0.1, 0.15) is 5.82 Å². The number of aliphatic hydroxyl groups excluding tert-OH is 1. The summed E-state index contributed by atoms with van der Waals surface area (Å²) in [6.45, 7) is 0.0955. The monoisotopic (exact) mass is 245 g/mol. The summed E-state index contributed by atoms with van der Waals surface area (Å²) < 4.78 is 12.9. The molecule has 0 heterocycles. The van der Waals surface area contributed by atoms with Gasteiger partial charge in [-0.25, -0.2) is 4.39 Å². The van der Waals surface area contributed by atoms with Gasteiger partial charge in [0.15, 0.2) is 0 Å². The van der Waals surface area contributed by atoms with Crippen LogP contribution in [0.2, 0.25) is 0 Å². The van der Waals surface area contributed by atoms with Gasteiger partial charge in [0.25, 0.3) is 5.69 Å². The predicted molar refractivity (Wildman–Crippen MR) is 60.9 cm³/mol.